The van der Waals surface area contributed by atoms with E-state index < -0.39 is 5.60 Å². The number of aliphatic hydroxyl groups is 1. The summed E-state index contributed by atoms with van der Waals surface area (Å²) in [5.41, 5.74) is 1.68. The Morgan fingerprint density at radius 1 is 1.04 bits per heavy atom. The summed E-state index contributed by atoms with van der Waals surface area (Å²) in [5.74, 6) is 0. The van der Waals surface area contributed by atoms with E-state index in [1.807, 2.05) is 6.20 Å². The Bertz CT molecular complexity index is 671. The first kappa shape index (κ1) is 16.1. The van der Waals surface area contributed by atoms with Crippen LogP contribution in [0.1, 0.15) is 37.1 Å². The molecule has 2 aliphatic heterocycles. The molecule has 3 heterocycles. The van der Waals surface area contributed by atoms with Gasteiger partial charge < -0.3 is 14.7 Å². The van der Waals surface area contributed by atoms with E-state index in [-0.39, 0.29) is 0 Å². The maximum atomic E-state index is 10.8. The normalized spacial score (nSPS) is 21.0. The molecule has 0 aliphatic carbocycles. The predicted molar refractivity (Wildman–Crippen MR) is 97.6 cm³/mol. The second-order valence-electron chi connectivity index (χ2n) is 6.77. The molecule has 0 atom stereocenters. The molecule has 4 nitrogen and oxygen atoms in total. The van der Waals surface area contributed by atoms with Gasteiger partial charge in [0, 0.05) is 51.0 Å². The molecule has 2 fully saturated rings. The van der Waals surface area contributed by atoms with Crippen LogP contribution in [0.2, 0.25) is 0 Å². The predicted octanol–water partition coefficient (Wildman–Crippen LogP) is 3.80. The van der Waals surface area contributed by atoms with Crippen molar-refractivity contribution >= 4 is 17.0 Å². The highest BCUT2D eigenvalue weighted by Gasteiger charge is 2.34. The van der Waals surface area contributed by atoms with Crippen LogP contribution in [0.15, 0.2) is 30.5 Å². The van der Waals surface area contributed by atoms with E-state index >= 15 is 0 Å². The van der Waals surface area contributed by atoms with Gasteiger partial charge in [-0.25, -0.2) is 4.98 Å². The van der Waals surface area contributed by atoms with E-state index in [0.29, 0.717) is 26.1 Å². The van der Waals surface area contributed by atoms with E-state index in [2.05, 4.69) is 34.1 Å². The largest absolute Gasteiger partial charge is 0.382 e. The lowest BCUT2D eigenvalue weighted by Gasteiger charge is -2.29. The Hall–Kier alpha value is -1.43. The number of benzene rings is 1. The van der Waals surface area contributed by atoms with Crippen molar-refractivity contribution in [3.63, 3.8) is 0 Å². The number of nitrogens with zero attached hydrogens (tertiary/aromatic N) is 2. The highest BCUT2D eigenvalue weighted by molar-refractivity contribution is 7.15. The Morgan fingerprint density at radius 3 is 2.46 bits per heavy atom. The van der Waals surface area contributed by atoms with Crippen LogP contribution in [0, 0.1) is 0 Å². The highest BCUT2D eigenvalue weighted by atomic mass is 32.1. The zero-order chi connectivity index (χ0) is 16.4. The molecule has 5 heteroatoms. The SMILES string of the molecule is OC1(c2ncc(-c3ccc(N4CCCCC4)cc3)s2)CCOCC1. The van der Waals surface area contributed by atoms with Crippen molar-refractivity contribution in [3.8, 4) is 10.4 Å². The minimum atomic E-state index is -0.811. The molecule has 1 N–H and O–H groups in total. The van der Waals surface area contributed by atoms with Gasteiger partial charge in [0.1, 0.15) is 10.6 Å². The summed E-state index contributed by atoms with van der Waals surface area (Å²) in [7, 11) is 0. The fourth-order valence-corrected chi connectivity index (χ4v) is 4.60. The van der Waals surface area contributed by atoms with Crippen LogP contribution in [-0.2, 0) is 10.3 Å². The molecule has 2 aliphatic rings. The number of anilines is 1. The van der Waals surface area contributed by atoms with E-state index in [4.69, 9.17) is 4.74 Å². The number of rotatable bonds is 3. The van der Waals surface area contributed by atoms with Gasteiger partial charge in [0.2, 0.25) is 0 Å². The summed E-state index contributed by atoms with van der Waals surface area (Å²) in [5, 5.41) is 11.6. The molecule has 0 spiro atoms. The van der Waals surface area contributed by atoms with Crippen molar-refractivity contribution in [1.29, 1.82) is 0 Å². The molecule has 0 unspecified atom stereocenters. The molecule has 2 aromatic rings. The summed E-state index contributed by atoms with van der Waals surface area (Å²) < 4.78 is 5.36. The van der Waals surface area contributed by atoms with Crippen molar-refractivity contribution in [2.24, 2.45) is 0 Å². The summed E-state index contributed by atoms with van der Waals surface area (Å²) >= 11 is 1.60. The third kappa shape index (κ3) is 3.21. The molecule has 0 amide bonds. The van der Waals surface area contributed by atoms with Crippen molar-refractivity contribution in [1.82, 2.24) is 4.98 Å². The van der Waals surface area contributed by atoms with E-state index in [1.54, 1.807) is 11.3 Å². The second kappa shape index (κ2) is 6.82. The minimum Gasteiger partial charge on any atom is -0.382 e. The smallest absolute Gasteiger partial charge is 0.125 e. The molecule has 24 heavy (non-hydrogen) atoms. The van der Waals surface area contributed by atoms with Gasteiger partial charge in [0.05, 0.1) is 4.88 Å². The van der Waals surface area contributed by atoms with Gasteiger partial charge in [-0.15, -0.1) is 11.3 Å². The molecule has 1 aromatic carbocycles. The van der Waals surface area contributed by atoms with Crippen molar-refractivity contribution in [3.05, 3.63) is 35.5 Å². The van der Waals surface area contributed by atoms with Gasteiger partial charge in [-0.3, -0.25) is 0 Å². The Balaban J connectivity index is 1.51. The van der Waals surface area contributed by atoms with Crippen LogP contribution in [0.4, 0.5) is 5.69 Å². The maximum absolute atomic E-state index is 10.8. The van der Waals surface area contributed by atoms with Crippen LogP contribution in [0.5, 0.6) is 0 Å². The van der Waals surface area contributed by atoms with Crippen molar-refractivity contribution < 1.29 is 9.84 Å². The van der Waals surface area contributed by atoms with Crippen LogP contribution in [0.3, 0.4) is 0 Å². The van der Waals surface area contributed by atoms with Gasteiger partial charge in [-0.2, -0.15) is 0 Å². The van der Waals surface area contributed by atoms with Crippen LogP contribution >= 0.6 is 11.3 Å². The van der Waals surface area contributed by atoms with E-state index in [9.17, 15) is 5.11 Å². The topological polar surface area (TPSA) is 45.6 Å². The van der Waals surface area contributed by atoms with Gasteiger partial charge in [0.15, 0.2) is 0 Å². The second-order valence-corrected chi connectivity index (χ2v) is 7.80. The molecule has 2 saturated heterocycles. The number of hydrogen-bond acceptors (Lipinski definition) is 5. The molecule has 0 saturated carbocycles. The summed E-state index contributed by atoms with van der Waals surface area (Å²) in [4.78, 5) is 8.09. The number of thiazole rings is 1. The average molecular weight is 344 g/mol. The van der Waals surface area contributed by atoms with Gasteiger partial charge >= 0.3 is 0 Å². The molecule has 4 rings (SSSR count). The Labute approximate surface area is 147 Å². The molecular formula is C19H24N2O2S. The maximum Gasteiger partial charge on any atom is 0.125 e. The molecule has 0 bridgehead atoms. The number of ether oxygens (including phenoxy) is 1. The third-order valence-corrected chi connectivity index (χ3v) is 6.34. The fourth-order valence-electron chi connectivity index (χ4n) is 3.53. The van der Waals surface area contributed by atoms with Crippen LogP contribution in [-0.4, -0.2) is 36.4 Å². The molecule has 128 valence electrons. The first-order valence-electron chi connectivity index (χ1n) is 8.86. The number of aromatic nitrogens is 1. The Morgan fingerprint density at radius 2 is 1.75 bits per heavy atom. The lowest BCUT2D eigenvalue weighted by Crippen LogP contribution is -2.33. The first-order chi connectivity index (χ1) is 11.7. The summed E-state index contributed by atoms with van der Waals surface area (Å²) in [6.45, 7) is 3.55. The molecule has 0 radical (unpaired) electrons. The van der Waals surface area contributed by atoms with Crippen molar-refractivity contribution in [2.75, 3.05) is 31.2 Å². The van der Waals surface area contributed by atoms with E-state index in [1.165, 1.54) is 43.6 Å². The average Bonchev–Trinajstić information content (AvgIpc) is 3.14. The lowest BCUT2D eigenvalue weighted by molar-refractivity contribution is -0.0679. The zero-order valence-corrected chi connectivity index (χ0v) is 14.7. The molecular weight excluding hydrogens is 320 g/mol. The van der Waals surface area contributed by atoms with E-state index in [0.717, 1.165) is 9.88 Å². The quantitative estimate of drug-likeness (QED) is 0.920. The highest BCUT2D eigenvalue weighted by Crippen LogP contribution is 2.37. The third-order valence-electron chi connectivity index (χ3n) is 5.10. The lowest BCUT2D eigenvalue weighted by atomic mass is 9.95. The minimum absolute atomic E-state index is 0.607. The van der Waals surface area contributed by atoms with Gasteiger partial charge in [-0.05, 0) is 37.0 Å². The monoisotopic (exact) mass is 344 g/mol. The van der Waals surface area contributed by atoms with Crippen LogP contribution in [0.25, 0.3) is 10.4 Å². The van der Waals surface area contributed by atoms with Gasteiger partial charge in [0.25, 0.3) is 0 Å². The number of piperidine rings is 1. The molecule has 1 aromatic heterocycles. The fraction of sp³-hybridized carbons (Fsp3) is 0.526. The van der Waals surface area contributed by atoms with Crippen LogP contribution < -0.4 is 4.90 Å². The van der Waals surface area contributed by atoms with Gasteiger partial charge in [-0.1, -0.05) is 12.1 Å². The standard InChI is InChI=1S/C19H24N2O2S/c22-19(8-12-23-13-9-19)18-20-14-17(24-18)15-4-6-16(7-5-15)21-10-2-1-3-11-21/h4-7,14,22H,1-3,8-13H2. The zero-order valence-electron chi connectivity index (χ0n) is 13.9. The van der Waals surface area contributed by atoms with Crippen molar-refractivity contribution in [2.45, 2.75) is 37.7 Å². The number of hydrogen-bond donors (Lipinski definition) is 1. The summed E-state index contributed by atoms with van der Waals surface area (Å²) in [6, 6.07) is 8.77. The summed E-state index contributed by atoms with van der Waals surface area (Å²) in [6.07, 6.45) is 7.10. The Kier molecular flexibility index (Phi) is 4.57. The first-order valence-corrected chi connectivity index (χ1v) is 9.68.